The number of carboxylic acid groups (broad SMARTS) is 2. The van der Waals surface area contributed by atoms with Crippen molar-refractivity contribution in [2.24, 2.45) is 0 Å². The Hall–Kier alpha value is -2.70. The predicted molar refractivity (Wildman–Crippen MR) is 54.8 cm³/mol. The van der Waals surface area contributed by atoms with Gasteiger partial charge in [-0.3, -0.25) is 9.59 Å². The molecule has 7 heteroatoms. The first kappa shape index (κ1) is 12.4. The molecule has 0 aliphatic heterocycles. The van der Waals surface area contributed by atoms with Crippen molar-refractivity contribution in [3.8, 4) is 0 Å². The molecule has 4 N–H and O–H groups in total. The van der Waals surface area contributed by atoms with E-state index in [-0.39, 0.29) is 16.8 Å². The highest BCUT2D eigenvalue weighted by Gasteiger charge is 2.20. The van der Waals surface area contributed by atoms with Crippen LogP contribution in [0.5, 0.6) is 0 Å². The lowest BCUT2D eigenvalue weighted by molar-refractivity contribution is -0.132. The van der Waals surface area contributed by atoms with E-state index in [1.54, 1.807) is 0 Å². The van der Waals surface area contributed by atoms with Gasteiger partial charge in [0.05, 0.1) is 5.56 Å². The van der Waals surface area contributed by atoms with E-state index in [4.69, 9.17) is 15.9 Å². The van der Waals surface area contributed by atoms with Gasteiger partial charge in [-0.2, -0.15) is 0 Å². The van der Waals surface area contributed by atoms with E-state index in [0.717, 1.165) is 18.2 Å². The number of aliphatic carboxylic acids is 2. The molecule has 0 atom stereocenters. The number of Topliss-reactive ketones (excluding diaryl/α,β-unsaturated/α-hetero) is 2. The van der Waals surface area contributed by atoms with Crippen molar-refractivity contribution < 1.29 is 29.4 Å². The van der Waals surface area contributed by atoms with Crippen LogP contribution in [0.1, 0.15) is 20.7 Å². The molecule has 0 bridgehead atoms. The molecular weight excluding hydrogens is 230 g/mol. The van der Waals surface area contributed by atoms with Gasteiger partial charge in [0.25, 0.3) is 11.6 Å². The molecule has 0 amide bonds. The summed E-state index contributed by atoms with van der Waals surface area (Å²) < 4.78 is 0. The molecule has 1 aromatic carbocycles. The molecule has 0 unspecified atom stereocenters. The van der Waals surface area contributed by atoms with E-state index in [0.29, 0.717) is 0 Å². The molecule has 0 heterocycles. The van der Waals surface area contributed by atoms with Gasteiger partial charge in [0.15, 0.2) is 0 Å². The predicted octanol–water partition coefficient (Wildman–Crippen LogP) is -0.197. The van der Waals surface area contributed by atoms with Gasteiger partial charge in [-0.05, 0) is 18.2 Å². The first-order chi connectivity index (χ1) is 7.84. The van der Waals surface area contributed by atoms with Gasteiger partial charge in [0.2, 0.25) is 0 Å². The topological polar surface area (TPSA) is 135 Å². The number of carbonyl (C=O) groups excluding carboxylic acids is 2. The minimum absolute atomic E-state index is 0.225. The summed E-state index contributed by atoms with van der Waals surface area (Å²) in [4.78, 5) is 43.0. The molecule has 0 aliphatic rings. The lowest BCUT2D eigenvalue weighted by atomic mass is 10.0. The molecule has 88 valence electrons. The van der Waals surface area contributed by atoms with Crippen molar-refractivity contribution in [2.75, 3.05) is 5.73 Å². The molecule has 7 nitrogen and oxygen atoms in total. The summed E-state index contributed by atoms with van der Waals surface area (Å²) >= 11 is 0. The Balaban J connectivity index is 3.19. The van der Waals surface area contributed by atoms with Crippen molar-refractivity contribution in [1.29, 1.82) is 0 Å². The second kappa shape index (κ2) is 4.44. The Morgan fingerprint density at radius 2 is 1.47 bits per heavy atom. The summed E-state index contributed by atoms with van der Waals surface area (Å²) in [7, 11) is 0. The standard InChI is InChI=1S/C10H7NO6/c11-6-3-4(7(12)9(14)15)1-2-5(6)8(13)10(16)17/h1-3H,11H2,(H,14,15)(H,16,17). The number of hydrogen-bond acceptors (Lipinski definition) is 5. The van der Waals surface area contributed by atoms with Gasteiger partial charge >= 0.3 is 11.9 Å². The first-order valence-corrected chi connectivity index (χ1v) is 4.29. The van der Waals surface area contributed by atoms with Crippen LogP contribution in [-0.4, -0.2) is 33.7 Å². The summed E-state index contributed by atoms with van der Waals surface area (Å²) in [5, 5.41) is 16.9. The number of ketones is 2. The largest absolute Gasteiger partial charge is 0.475 e. The number of nitrogen functional groups attached to an aromatic ring is 1. The van der Waals surface area contributed by atoms with Crippen LogP contribution < -0.4 is 5.73 Å². The Bertz CT molecular complexity index is 534. The van der Waals surface area contributed by atoms with E-state index in [9.17, 15) is 19.2 Å². The van der Waals surface area contributed by atoms with Crippen molar-refractivity contribution in [1.82, 2.24) is 0 Å². The third kappa shape index (κ3) is 2.46. The third-order valence-corrected chi connectivity index (χ3v) is 1.95. The van der Waals surface area contributed by atoms with Crippen LogP contribution in [0.3, 0.4) is 0 Å². The molecule has 1 aromatic rings. The maximum absolute atomic E-state index is 11.1. The minimum Gasteiger partial charge on any atom is -0.475 e. The lowest BCUT2D eigenvalue weighted by Gasteiger charge is -2.03. The number of carboxylic acids is 2. The highest BCUT2D eigenvalue weighted by atomic mass is 16.4. The monoisotopic (exact) mass is 237 g/mol. The van der Waals surface area contributed by atoms with Crippen LogP contribution in [0.25, 0.3) is 0 Å². The van der Waals surface area contributed by atoms with E-state index in [1.165, 1.54) is 0 Å². The highest BCUT2D eigenvalue weighted by molar-refractivity contribution is 6.42. The van der Waals surface area contributed by atoms with Gasteiger partial charge in [-0.15, -0.1) is 0 Å². The first-order valence-electron chi connectivity index (χ1n) is 4.29. The maximum Gasteiger partial charge on any atom is 0.377 e. The summed E-state index contributed by atoms with van der Waals surface area (Å²) in [5.41, 5.74) is 4.59. The number of carbonyl (C=O) groups is 4. The zero-order valence-electron chi connectivity index (χ0n) is 8.34. The minimum atomic E-state index is -1.69. The molecule has 0 fully saturated rings. The Labute approximate surface area is 94.5 Å². The second-order valence-corrected chi connectivity index (χ2v) is 3.07. The lowest BCUT2D eigenvalue weighted by Crippen LogP contribution is -2.17. The Morgan fingerprint density at radius 1 is 0.941 bits per heavy atom. The van der Waals surface area contributed by atoms with Crippen LogP contribution in [0.2, 0.25) is 0 Å². The molecule has 17 heavy (non-hydrogen) atoms. The van der Waals surface area contributed by atoms with Gasteiger partial charge in [0.1, 0.15) is 0 Å². The molecular formula is C10H7NO6. The maximum atomic E-state index is 11.1. The highest BCUT2D eigenvalue weighted by Crippen LogP contribution is 2.15. The number of anilines is 1. The van der Waals surface area contributed by atoms with E-state index in [2.05, 4.69) is 0 Å². The van der Waals surface area contributed by atoms with Crippen molar-refractivity contribution in [3.05, 3.63) is 29.3 Å². The van der Waals surface area contributed by atoms with Crippen molar-refractivity contribution in [3.63, 3.8) is 0 Å². The fraction of sp³-hybridized carbons (Fsp3) is 0. The van der Waals surface area contributed by atoms with E-state index < -0.39 is 23.5 Å². The normalized spacial score (nSPS) is 9.65. The number of benzene rings is 1. The molecule has 0 saturated carbocycles. The average Bonchev–Trinajstić information content (AvgIpc) is 2.26. The molecule has 0 aliphatic carbocycles. The number of rotatable bonds is 4. The average molecular weight is 237 g/mol. The van der Waals surface area contributed by atoms with Crippen molar-refractivity contribution >= 4 is 29.2 Å². The smallest absolute Gasteiger partial charge is 0.377 e. The fourth-order valence-electron chi connectivity index (χ4n) is 1.15. The SMILES string of the molecule is Nc1cc(C(=O)C(=O)O)ccc1C(=O)C(=O)O. The summed E-state index contributed by atoms with van der Waals surface area (Å²) in [6, 6.07) is 2.98. The van der Waals surface area contributed by atoms with Gasteiger partial charge in [0, 0.05) is 11.3 Å². The van der Waals surface area contributed by atoms with Crippen LogP contribution in [-0.2, 0) is 9.59 Å². The van der Waals surface area contributed by atoms with E-state index >= 15 is 0 Å². The number of hydrogen-bond donors (Lipinski definition) is 3. The fourth-order valence-corrected chi connectivity index (χ4v) is 1.15. The van der Waals surface area contributed by atoms with Crippen LogP contribution in [0.15, 0.2) is 18.2 Å². The Kier molecular flexibility index (Phi) is 3.23. The third-order valence-electron chi connectivity index (χ3n) is 1.95. The van der Waals surface area contributed by atoms with Gasteiger partial charge < -0.3 is 15.9 Å². The van der Waals surface area contributed by atoms with E-state index in [1.807, 2.05) is 0 Å². The molecule has 0 aromatic heterocycles. The van der Waals surface area contributed by atoms with Crippen LogP contribution in [0.4, 0.5) is 5.69 Å². The van der Waals surface area contributed by atoms with Crippen molar-refractivity contribution in [2.45, 2.75) is 0 Å². The second-order valence-electron chi connectivity index (χ2n) is 3.07. The molecule has 0 spiro atoms. The van der Waals surface area contributed by atoms with Crippen LogP contribution in [0, 0.1) is 0 Å². The van der Waals surface area contributed by atoms with Gasteiger partial charge in [-0.1, -0.05) is 0 Å². The zero-order chi connectivity index (χ0) is 13.2. The molecule has 1 rings (SSSR count). The molecule has 0 saturated heterocycles. The zero-order valence-corrected chi connectivity index (χ0v) is 8.34. The summed E-state index contributed by atoms with van der Waals surface area (Å²) in [5.74, 6) is -5.77. The number of nitrogens with two attached hydrogens (primary N) is 1. The van der Waals surface area contributed by atoms with Crippen LogP contribution >= 0.6 is 0 Å². The molecule has 0 radical (unpaired) electrons. The summed E-state index contributed by atoms with van der Waals surface area (Å²) in [6.07, 6.45) is 0. The van der Waals surface area contributed by atoms with Gasteiger partial charge in [-0.25, -0.2) is 9.59 Å². The quantitative estimate of drug-likeness (QED) is 0.375. The summed E-state index contributed by atoms with van der Waals surface area (Å²) in [6.45, 7) is 0. The Morgan fingerprint density at radius 3 is 1.88 bits per heavy atom.